The molecule has 0 aromatic heterocycles. The van der Waals surface area contributed by atoms with Gasteiger partial charge in [0.1, 0.15) is 0 Å². The standard InChI is InChI=1S/C9H15BrF3NO3S/c10-6-8-7-14(3-4-17-8)18(15,16)5-1-2-9(11,12)13/h8H,1-7H2. The molecule has 0 aliphatic carbocycles. The van der Waals surface area contributed by atoms with Crippen molar-refractivity contribution < 1.29 is 26.3 Å². The minimum atomic E-state index is -4.31. The molecule has 0 N–H and O–H groups in total. The molecule has 0 amide bonds. The average molecular weight is 354 g/mol. The first-order valence-electron chi connectivity index (χ1n) is 5.47. The van der Waals surface area contributed by atoms with E-state index in [9.17, 15) is 21.6 Å². The molecule has 0 aromatic carbocycles. The summed E-state index contributed by atoms with van der Waals surface area (Å²) in [7, 11) is -3.62. The number of rotatable bonds is 5. The topological polar surface area (TPSA) is 46.6 Å². The van der Waals surface area contributed by atoms with Crippen molar-refractivity contribution in [3.8, 4) is 0 Å². The quantitative estimate of drug-likeness (QED) is 0.707. The summed E-state index contributed by atoms with van der Waals surface area (Å²) in [5.74, 6) is -0.471. The minimum Gasteiger partial charge on any atom is -0.375 e. The second-order valence-corrected chi connectivity index (χ2v) is 6.78. The van der Waals surface area contributed by atoms with E-state index >= 15 is 0 Å². The first-order chi connectivity index (χ1) is 8.24. The van der Waals surface area contributed by atoms with Gasteiger partial charge in [0.15, 0.2) is 0 Å². The van der Waals surface area contributed by atoms with Crippen molar-refractivity contribution in [1.82, 2.24) is 4.31 Å². The highest BCUT2D eigenvalue weighted by Gasteiger charge is 2.31. The van der Waals surface area contributed by atoms with Gasteiger partial charge in [0.2, 0.25) is 10.0 Å². The molecule has 0 radical (unpaired) electrons. The summed E-state index contributed by atoms with van der Waals surface area (Å²) in [6.07, 6.45) is -6.02. The van der Waals surface area contributed by atoms with Crippen molar-refractivity contribution in [1.29, 1.82) is 0 Å². The maximum absolute atomic E-state index is 12.0. The normalized spacial score (nSPS) is 23.2. The van der Waals surface area contributed by atoms with Crippen LogP contribution in [0.4, 0.5) is 13.2 Å². The molecule has 4 nitrogen and oxygen atoms in total. The Bertz CT molecular complexity index is 361. The predicted molar refractivity (Wildman–Crippen MR) is 64.2 cm³/mol. The van der Waals surface area contributed by atoms with Gasteiger partial charge in [-0.3, -0.25) is 0 Å². The van der Waals surface area contributed by atoms with E-state index in [1.165, 1.54) is 4.31 Å². The molecular weight excluding hydrogens is 339 g/mol. The molecule has 1 saturated heterocycles. The lowest BCUT2D eigenvalue weighted by Gasteiger charge is -2.31. The molecule has 0 saturated carbocycles. The van der Waals surface area contributed by atoms with Gasteiger partial charge >= 0.3 is 6.18 Å². The Labute approximate surface area is 113 Å². The zero-order valence-corrected chi connectivity index (χ0v) is 12.0. The molecule has 1 fully saturated rings. The maximum Gasteiger partial charge on any atom is 0.389 e. The van der Waals surface area contributed by atoms with Crippen LogP contribution in [0.15, 0.2) is 0 Å². The van der Waals surface area contributed by atoms with Crippen LogP contribution < -0.4 is 0 Å². The third kappa shape index (κ3) is 5.41. The number of morpholine rings is 1. The number of hydrogen-bond acceptors (Lipinski definition) is 3. The first-order valence-corrected chi connectivity index (χ1v) is 8.20. The van der Waals surface area contributed by atoms with E-state index in [2.05, 4.69) is 15.9 Å². The number of sulfonamides is 1. The zero-order valence-electron chi connectivity index (χ0n) is 9.62. The van der Waals surface area contributed by atoms with Crippen LogP contribution >= 0.6 is 15.9 Å². The molecule has 1 aliphatic rings. The van der Waals surface area contributed by atoms with Crippen molar-refractivity contribution in [3.05, 3.63) is 0 Å². The van der Waals surface area contributed by atoms with Crippen LogP contribution in [0.3, 0.4) is 0 Å². The maximum atomic E-state index is 12.0. The fourth-order valence-electron chi connectivity index (χ4n) is 1.62. The molecule has 18 heavy (non-hydrogen) atoms. The first kappa shape index (κ1) is 16.2. The highest BCUT2D eigenvalue weighted by atomic mass is 79.9. The molecule has 1 heterocycles. The van der Waals surface area contributed by atoms with Crippen LogP contribution in [-0.4, -0.2) is 55.8 Å². The molecule has 1 rings (SSSR count). The molecule has 0 bridgehead atoms. The van der Waals surface area contributed by atoms with Crippen LogP contribution in [0.2, 0.25) is 0 Å². The SMILES string of the molecule is O=S(=O)(CCCC(F)(F)F)N1CCOC(CBr)C1. The Morgan fingerprint density at radius 2 is 2.06 bits per heavy atom. The average Bonchev–Trinajstić information content (AvgIpc) is 2.27. The van der Waals surface area contributed by atoms with E-state index in [1.54, 1.807) is 0 Å². The lowest BCUT2D eigenvalue weighted by atomic mass is 10.3. The lowest BCUT2D eigenvalue weighted by molar-refractivity contribution is -0.134. The highest BCUT2D eigenvalue weighted by molar-refractivity contribution is 9.09. The van der Waals surface area contributed by atoms with Gasteiger partial charge in [-0.1, -0.05) is 15.9 Å². The summed E-state index contributed by atoms with van der Waals surface area (Å²) in [5.41, 5.74) is 0. The molecule has 1 aliphatic heterocycles. The smallest absolute Gasteiger partial charge is 0.375 e. The van der Waals surface area contributed by atoms with Gasteiger partial charge in [-0.05, 0) is 6.42 Å². The molecule has 0 spiro atoms. The molecule has 108 valence electrons. The number of alkyl halides is 4. The van der Waals surface area contributed by atoms with Crippen LogP contribution in [0.1, 0.15) is 12.8 Å². The lowest BCUT2D eigenvalue weighted by Crippen LogP contribution is -2.47. The molecule has 9 heteroatoms. The molecule has 0 aromatic rings. The number of ether oxygens (including phenoxy) is 1. The molecular formula is C9H15BrF3NO3S. The molecule has 1 atom stereocenters. The van der Waals surface area contributed by atoms with Gasteiger partial charge in [0.05, 0.1) is 18.5 Å². The van der Waals surface area contributed by atoms with Crippen molar-refractivity contribution in [2.75, 3.05) is 30.8 Å². The number of hydrogen-bond donors (Lipinski definition) is 0. The zero-order chi connectivity index (χ0) is 13.8. The fourth-order valence-corrected chi connectivity index (χ4v) is 3.53. The minimum absolute atomic E-state index is 0.194. The Kier molecular flexibility index (Phi) is 5.88. The van der Waals surface area contributed by atoms with E-state index in [0.29, 0.717) is 5.33 Å². The summed E-state index contributed by atoms with van der Waals surface area (Å²) in [4.78, 5) is 0. The monoisotopic (exact) mass is 353 g/mol. The van der Waals surface area contributed by atoms with Gasteiger partial charge in [0.25, 0.3) is 0 Å². The van der Waals surface area contributed by atoms with Crippen LogP contribution in [-0.2, 0) is 14.8 Å². The van der Waals surface area contributed by atoms with E-state index in [4.69, 9.17) is 4.74 Å². The van der Waals surface area contributed by atoms with Crippen LogP contribution in [0.25, 0.3) is 0 Å². The fraction of sp³-hybridized carbons (Fsp3) is 1.00. The van der Waals surface area contributed by atoms with Crippen molar-refractivity contribution in [3.63, 3.8) is 0 Å². The highest BCUT2D eigenvalue weighted by Crippen LogP contribution is 2.22. The largest absolute Gasteiger partial charge is 0.389 e. The Morgan fingerprint density at radius 1 is 1.39 bits per heavy atom. The second-order valence-electron chi connectivity index (χ2n) is 4.04. The Hall–Kier alpha value is 0.140. The number of nitrogens with zero attached hydrogens (tertiary/aromatic N) is 1. The van der Waals surface area contributed by atoms with E-state index in [0.717, 1.165) is 0 Å². The summed E-state index contributed by atoms with van der Waals surface area (Å²) in [5, 5.41) is 0.502. The van der Waals surface area contributed by atoms with Crippen LogP contribution in [0.5, 0.6) is 0 Å². The van der Waals surface area contributed by atoms with Crippen molar-refractivity contribution >= 4 is 26.0 Å². The van der Waals surface area contributed by atoms with Crippen molar-refractivity contribution in [2.24, 2.45) is 0 Å². The number of halogens is 4. The Morgan fingerprint density at radius 3 is 2.61 bits per heavy atom. The van der Waals surface area contributed by atoms with Crippen LogP contribution in [0, 0.1) is 0 Å². The second kappa shape index (κ2) is 6.53. The van der Waals surface area contributed by atoms with E-state index in [-0.39, 0.29) is 25.8 Å². The third-order valence-corrected chi connectivity index (χ3v) is 5.17. The predicted octanol–water partition coefficient (Wildman–Crippen LogP) is 1.75. The summed E-state index contributed by atoms with van der Waals surface area (Å²) in [6.45, 7) is 0.673. The molecule has 1 unspecified atom stereocenters. The van der Waals surface area contributed by atoms with Gasteiger partial charge < -0.3 is 4.74 Å². The van der Waals surface area contributed by atoms with Gasteiger partial charge in [-0.25, -0.2) is 8.42 Å². The van der Waals surface area contributed by atoms with Gasteiger partial charge in [-0.2, -0.15) is 17.5 Å². The third-order valence-electron chi connectivity index (χ3n) is 2.53. The summed E-state index contributed by atoms with van der Waals surface area (Å²) >= 11 is 3.19. The Balaban J connectivity index is 2.47. The van der Waals surface area contributed by atoms with E-state index in [1.807, 2.05) is 0 Å². The van der Waals surface area contributed by atoms with E-state index < -0.39 is 34.8 Å². The van der Waals surface area contributed by atoms with Gasteiger partial charge in [-0.15, -0.1) is 0 Å². The summed E-state index contributed by atoms with van der Waals surface area (Å²) in [6, 6.07) is 0. The van der Waals surface area contributed by atoms with Crippen molar-refractivity contribution in [2.45, 2.75) is 25.1 Å². The van der Waals surface area contributed by atoms with Gasteiger partial charge in [0, 0.05) is 24.8 Å². The summed E-state index contributed by atoms with van der Waals surface area (Å²) < 4.78 is 66.0.